The van der Waals surface area contributed by atoms with Crippen LogP contribution in [0.2, 0.25) is 0 Å². The summed E-state index contributed by atoms with van der Waals surface area (Å²) < 4.78 is 25.2. The summed E-state index contributed by atoms with van der Waals surface area (Å²) in [7, 11) is 0. The SMILES string of the molecule is FC(F)=Cc1ccccc1-c1cccc(-c2ccccc2)c1. The second-order valence-electron chi connectivity index (χ2n) is 4.97. The van der Waals surface area contributed by atoms with Crippen molar-refractivity contribution in [2.24, 2.45) is 0 Å². The van der Waals surface area contributed by atoms with E-state index >= 15 is 0 Å². The van der Waals surface area contributed by atoms with Gasteiger partial charge in [-0.05, 0) is 33.9 Å². The van der Waals surface area contributed by atoms with E-state index in [0.29, 0.717) is 5.56 Å². The maximum Gasteiger partial charge on any atom is 0.270 e. The van der Waals surface area contributed by atoms with Crippen molar-refractivity contribution in [2.45, 2.75) is 0 Å². The Morgan fingerprint density at radius 1 is 0.636 bits per heavy atom. The summed E-state index contributed by atoms with van der Waals surface area (Å²) in [6.45, 7) is 0. The van der Waals surface area contributed by atoms with Gasteiger partial charge in [0.15, 0.2) is 0 Å². The quantitative estimate of drug-likeness (QED) is 0.534. The van der Waals surface area contributed by atoms with Crippen LogP contribution >= 0.6 is 0 Å². The normalized spacial score (nSPS) is 10.3. The highest BCUT2D eigenvalue weighted by Gasteiger charge is 2.06. The van der Waals surface area contributed by atoms with Gasteiger partial charge >= 0.3 is 0 Å². The van der Waals surface area contributed by atoms with Crippen molar-refractivity contribution in [3.63, 3.8) is 0 Å². The van der Waals surface area contributed by atoms with Gasteiger partial charge in [0.2, 0.25) is 0 Å². The lowest BCUT2D eigenvalue weighted by atomic mass is 9.96. The van der Waals surface area contributed by atoms with Crippen LogP contribution in [-0.2, 0) is 0 Å². The lowest BCUT2D eigenvalue weighted by Crippen LogP contribution is -1.85. The fourth-order valence-electron chi connectivity index (χ4n) is 2.50. The summed E-state index contributed by atoms with van der Waals surface area (Å²) in [4.78, 5) is 0. The average Bonchev–Trinajstić information content (AvgIpc) is 2.56. The molecule has 0 heterocycles. The molecule has 0 saturated carbocycles. The van der Waals surface area contributed by atoms with Crippen molar-refractivity contribution >= 4 is 6.08 Å². The maximum atomic E-state index is 12.6. The molecule has 0 radical (unpaired) electrons. The molecule has 0 saturated heterocycles. The van der Waals surface area contributed by atoms with E-state index in [1.54, 1.807) is 12.1 Å². The Hall–Kier alpha value is -2.74. The van der Waals surface area contributed by atoms with Crippen molar-refractivity contribution < 1.29 is 8.78 Å². The minimum Gasteiger partial charge on any atom is -0.173 e. The van der Waals surface area contributed by atoms with E-state index in [4.69, 9.17) is 0 Å². The first-order chi connectivity index (χ1) is 10.7. The van der Waals surface area contributed by atoms with E-state index in [1.165, 1.54) is 0 Å². The molecule has 0 spiro atoms. The second kappa shape index (κ2) is 6.35. The summed E-state index contributed by atoms with van der Waals surface area (Å²) in [6.07, 6.45) is -0.781. The number of benzene rings is 3. The molecule has 22 heavy (non-hydrogen) atoms. The molecule has 108 valence electrons. The van der Waals surface area contributed by atoms with Gasteiger partial charge in [-0.3, -0.25) is 0 Å². The monoisotopic (exact) mass is 292 g/mol. The predicted molar refractivity (Wildman–Crippen MR) is 87.5 cm³/mol. The van der Waals surface area contributed by atoms with Gasteiger partial charge in [0, 0.05) is 6.08 Å². The topological polar surface area (TPSA) is 0 Å². The molecule has 3 aromatic carbocycles. The third-order valence-corrected chi connectivity index (χ3v) is 3.51. The summed E-state index contributed by atoms with van der Waals surface area (Å²) in [6, 6.07) is 25.1. The first kappa shape index (κ1) is 14.2. The Morgan fingerprint density at radius 3 is 2.05 bits per heavy atom. The maximum absolute atomic E-state index is 12.6. The van der Waals surface area contributed by atoms with Gasteiger partial charge in [-0.2, -0.15) is 8.78 Å². The zero-order valence-electron chi connectivity index (χ0n) is 11.8. The molecule has 0 aromatic heterocycles. The Morgan fingerprint density at radius 2 is 1.27 bits per heavy atom. The molecule has 2 heteroatoms. The number of hydrogen-bond acceptors (Lipinski definition) is 0. The Labute approximate surface area is 128 Å². The highest BCUT2D eigenvalue weighted by molar-refractivity contribution is 5.79. The average molecular weight is 292 g/mol. The van der Waals surface area contributed by atoms with Crippen LogP contribution < -0.4 is 0 Å². The number of rotatable bonds is 3. The van der Waals surface area contributed by atoms with Crippen molar-refractivity contribution in [1.29, 1.82) is 0 Å². The zero-order chi connectivity index (χ0) is 15.4. The number of hydrogen-bond donors (Lipinski definition) is 0. The van der Waals surface area contributed by atoms with Gasteiger partial charge in [-0.25, -0.2) is 0 Å². The minimum absolute atomic E-state index is 0.521. The molecule has 0 aliphatic heterocycles. The lowest BCUT2D eigenvalue weighted by molar-refractivity contribution is 0.429. The molecule has 0 aliphatic rings. The molecule has 0 aliphatic carbocycles. The van der Waals surface area contributed by atoms with Crippen LogP contribution in [-0.4, -0.2) is 0 Å². The van der Waals surface area contributed by atoms with Gasteiger partial charge in [0.1, 0.15) is 0 Å². The molecule has 0 N–H and O–H groups in total. The van der Waals surface area contributed by atoms with Crippen molar-refractivity contribution in [1.82, 2.24) is 0 Å². The molecule has 3 aromatic rings. The molecule has 0 bridgehead atoms. The van der Waals surface area contributed by atoms with Crippen molar-refractivity contribution in [2.75, 3.05) is 0 Å². The van der Waals surface area contributed by atoms with Crippen LogP contribution in [0.3, 0.4) is 0 Å². The van der Waals surface area contributed by atoms with E-state index in [2.05, 4.69) is 0 Å². The summed E-state index contributed by atoms with van der Waals surface area (Å²) in [5.74, 6) is 0. The largest absolute Gasteiger partial charge is 0.270 e. The van der Waals surface area contributed by atoms with Crippen LogP contribution in [0.25, 0.3) is 28.3 Å². The highest BCUT2D eigenvalue weighted by atomic mass is 19.3. The van der Waals surface area contributed by atoms with Crippen molar-refractivity contribution in [3.8, 4) is 22.3 Å². The van der Waals surface area contributed by atoms with Gasteiger partial charge in [0.05, 0.1) is 0 Å². The summed E-state index contributed by atoms with van der Waals surface area (Å²) in [5, 5.41) is 0. The summed E-state index contributed by atoms with van der Waals surface area (Å²) in [5.41, 5.74) is 4.42. The molecular weight excluding hydrogens is 278 g/mol. The molecule has 0 amide bonds. The van der Waals surface area contributed by atoms with Crippen LogP contribution in [0.4, 0.5) is 8.78 Å². The van der Waals surface area contributed by atoms with E-state index in [-0.39, 0.29) is 0 Å². The predicted octanol–water partition coefficient (Wildman–Crippen LogP) is 6.26. The van der Waals surface area contributed by atoms with Crippen LogP contribution in [0.1, 0.15) is 5.56 Å². The highest BCUT2D eigenvalue weighted by Crippen LogP contribution is 2.29. The second-order valence-corrected chi connectivity index (χ2v) is 4.97. The van der Waals surface area contributed by atoms with E-state index in [1.807, 2.05) is 66.7 Å². The zero-order valence-corrected chi connectivity index (χ0v) is 11.8. The third kappa shape index (κ3) is 3.12. The van der Waals surface area contributed by atoms with Gasteiger partial charge in [-0.15, -0.1) is 0 Å². The Balaban J connectivity index is 2.09. The van der Waals surface area contributed by atoms with E-state index in [9.17, 15) is 8.78 Å². The molecule has 0 atom stereocenters. The smallest absolute Gasteiger partial charge is 0.173 e. The molecule has 0 unspecified atom stereocenters. The molecule has 0 fully saturated rings. The van der Waals surface area contributed by atoms with Crippen LogP contribution in [0, 0.1) is 0 Å². The van der Waals surface area contributed by atoms with Gasteiger partial charge in [0.25, 0.3) is 6.08 Å². The van der Waals surface area contributed by atoms with Gasteiger partial charge in [-0.1, -0.05) is 72.8 Å². The fourth-order valence-corrected chi connectivity index (χ4v) is 2.50. The Kier molecular flexibility index (Phi) is 4.10. The number of halogens is 2. The minimum atomic E-state index is -1.69. The molecule has 3 rings (SSSR count). The van der Waals surface area contributed by atoms with Gasteiger partial charge < -0.3 is 0 Å². The standard InChI is InChI=1S/C20H14F2/c21-20(22)14-18-9-4-5-12-19(18)17-11-6-10-16(13-17)15-7-2-1-3-8-15/h1-14H. The summed E-state index contributed by atoms with van der Waals surface area (Å²) >= 11 is 0. The first-order valence-electron chi connectivity index (χ1n) is 7.01. The Bertz CT molecular complexity index is 801. The lowest BCUT2D eigenvalue weighted by Gasteiger charge is -2.09. The van der Waals surface area contributed by atoms with E-state index in [0.717, 1.165) is 28.3 Å². The first-order valence-corrected chi connectivity index (χ1v) is 7.01. The molecular formula is C20H14F2. The third-order valence-electron chi connectivity index (χ3n) is 3.51. The fraction of sp³-hybridized carbons (Fsp3) is 0. The van der Waals surface area contributed by atoms with Crippen molar-refractivity contribution in [3.05, 3.63) is 90.5 Å². The van der Waals surface area contributed by atoms with Crippen LogP contribution in [0.5, 0.6) is 0 Å². The van der Waals surface area contributed by atoms with E-state index < -0.39 is 6.08 Å². The molecule has 0 nitrogen and oxygen atoms in total. The van der Waals surface area contributed by atoms with Crippen LogP contribution in [0.15, 0.2) is 84.9 Å².